The van der Waals surface area contributed by atoms with Gasteiger partial charge in [0.15, 0.2) is 0 Å². The van der Waals surface area contributed by atoms with Crippen molar-refractivity contribution in [2.75, 3.05) is 5.32 Å². The zero-order valence-electron chi connectivity index (χ0n) is 20.5. The van der Waals surface area contributed by atoms with Crippen LogP contribution >= 0.6 is 11.3 Å². The van der Waals surface area contributed by atoms with Crippen LogP contribution in [0, 0.1) is 11.3 Å². The van der Waals surface area contributed by atoms with E-state index >= 15 is 0 Å². The van der Waals surface area contributed by atoms with Crippen LogP contribution in [0.4, 0.5) is 24.8 Å². The summed E-state index contributed by atoms with van der Waals surface area (Å²) < 4.78 is 38.9. The molecule has 3 N–H and O–H groups in total. The van der Waals surface area contributed by atoms with E-state index in [4.69, 9.17) is 0 Å². The number of alkyl halides is 3. The maximum absolute atomic E-state index is 13.0. The molecular weight excluding hydrogens is 519 g/mol. The number of carbonyl (C=O) groups is 1. The summed E-state index contributed by atoms with van der Waals surface area (Å²) in [4.78, 5) is 28.8. The fourth-order valence-electron chi connectivity index (χ4n) is 5.14. The lowest BCUT2D eigenvalue weighted by Gasteiger charge is -2.44. The maximum atomic E-state index is 13.0. The molecule has 1 aliphatic rings. The average Bonchev–Trinajstić information content (AvgIpc) is 3.33. The van der Waals surface area contributed by atoms with Crippen LogP contribution in [-0.2, 0) is 16.6 Å². The molecule has 1 aliphatic carbocycles. The van der Waals surface area contributed by atoms with Gasteiger partial charge in [0.2, 0.25) is 5.95 Å². The molecule has 198 valence electrons. The molecule has 0 spiro atoms. The Morgan fingerprint density at radius 2 is 1.89 bits per heavy atom. The Kier molecular flexibility index (Phi) is 6.35. The number of halogens is 3. The SMILES string of the molecule is CC1(C)C[C@@](O)(c2ncc(-c3ccnc4cc(Nc5nccc(C(F)(F)F)n5)ccc34)s2)CC[C@@H]1C(=O)O. The van der Waals surface area contributed by atoms with Crippen molar-refractivity contribution in [1.82, 2.24) is 19.9 Å². The van der Waals surface area contributed by atoms with E-state index in [9.17, 15) is 28.2 Å². The number of anilines is 2. The normalized spacial score (nSPS) is 21.4. The number of aliphatic hydroxyl groups is 1. The number of carboxylic acid groups (broad SMARTS) is 1. The van der Waals surface area contributed by atoms with E-state index in [1.807, 2.05) is 19.9 Å². The molecule has 1 saturated carbocycles. The molecule has 12 heteroatoms. The number of rotatable bonds is 5. The van der Waals surface area contributed by atoms with Crippen molar-refractivity contribution in [1.29, 1.82) is 0 Å². The third kappa shape index (κ3) is 4.93. The van der Waals surface area contributed by atoms with Crippen molar-refractivity contribution in [3.63, 3.8) is 0 Å². The number of aromatic nitrogens is 4. The van der Waals surface area contributed by atoms with E-state index in [0.717, 1.165) is 28.1 Å². The Hall–Kier alpha value is -3.64. The summed E-state index contributed by atoms with van der Waals surface area (Å²) in [7, 11) is 0. The Bertz CT molecular complexity index is 1520. The van der Waals surface area contributed by atoms with Crippen LogP contribution in [0.1, 0.15) is 43.8 Å². The van der Waals surface area contributed by atoms with Crippen molar-refractivity contribution in [3.05, 3.63) is 59.6 Å². The van der Waals surface area contributed by atoms with Crippen molar-refractivity contribution in [2.45, 2.75) is 44.9 Å². The first kappa shape index (κ1) is 26.0. The number of fused-ring (bicyclic) bond motifs is 1. The highest BCUT2D eigenvalue weighted by molar-refractivity contribution is 7.15. The Morgan fingerprint density at radius 1 is 1.13 bits per heavy atom. The lowest BCUT2D eigenvalue weighted by molar-refractivity contribution is -0.154. The molecule has 0 saturated heterocycles. The van der Waals surface area contributed by atoms with E-state index < -0.39 is 34.8 Å². The average molecular weight is 544 g/mol. The first-order chi connectivity index (χ1) is 17.9. The number of thiazole rings is 1. The molecule has 2 atom stereocenters. The zero-order chi connectivity index (χ0) is 27.3. The molecule has 3 aromatic heterocycles. The van der Waals surface area contributed by atoms with Gasteiger partial charge in [-0.15, -0.1) is 11.3 Å². The Labute approximate surface area is 219 Å². The van der Waals surface area contributed by atoms with E-state index in [1.165, 1.54) is 11.3 Å². The minimum absolute atomic E-state index is 0.184. The van der Waals surface area contributed by atoms with Gasteiger partial charge in [0.05, 0.1) is 16.3 Å². The fraction of sp³-hybridized carbons (Fsp3) is 0.346. The van der Waals surface area contributed by atoms with Crippen LogP contribution in [0.25, 0.3) is 21.3 Å². The van der Waals surface area contributed by atoms with Gasteiger partial charge in [-0.05, 0) is 48.9 Å². The van der Waals surface area contributed by atoms with Crippen LogP contribution < -0.4 is 5.32 Å². The molecule has 0 aliphatic heterocycles. The number of nitrogens with one attached hydrogen (secondary N) is 1. The van der Waals surface area contributed by atoms with Gasteiger partial charge in [0.25, 0.3) is 0 Å². The second kappa shape index (κ2) is 9.28. The monoisotopic (exact) mass is 543 g/mol. The van der Waals surface area contributed by atoms with E-state index in [0.29, 0.717) is 29.1 Å². The van der Waals surface area contributed by atoms with Crippen LogP contribution in [0.3, 0.4) is 0 Å². The minimum atomic E-state index is -4.58. The second-order valence-corrected chi connectivity index (χ2v) is 11.2. The topological polar surface area (TPSA) is 121 Å². The quantitative estimate of drug-likeness (QED) is 0.280. The summed E-state index contributed by atoms with van der Waals surface area (Å²) in [6, 6.07) is 7.81. The first-order valence-electron chi connectivity index (χ1n) is 11.8. The number of hydrogen-bond acceptors (Lipinski definition) is 8. The molecular formula is C26H24F3N5O3S. The fourth-order valence-corrected chi connectivity index (χ4v) is 6.21. The molecule has 1 aromatic carbocycles. The molecule has 0 unspecified atom stereocenters. The maximum Gasteiger partial charge on any atom is 0.433 e. The summed E-state index contributed by atoms with van der Waals surface area (Å²) in [5, 5.41) is 25.1. The van der Waals surface area contributed by atoms with Crippen molar-refractivity contribution in [2.24, 2.45) is 11.3 Å². The summed E-state index contributed by atoms with van der Waals surface area (Å²) in [5.41, 5.74) is -0.958. The van der Waals surface area contributed by atoms with Gasteiger partial charge in [-0.3, -0.25) is 9.78 Å². The molecule has 38 heavy (non-hydrogen) atoms. The summed E-state index contributed by atoms with van der Waals surface area (Å²) >= 11 is 1.35. The standard InChI is InChI=1S/C26H24F3N5O3S/c1-24(2)13-25(37,8-5-17(24)21(35)36)22-32-12-19(38-22)16-6-9-30-18-11-14(3-4-15(16)18)33-23-31-10-7-20(34-23)26(27,28)29/h3-4,6-7,9-12,17,37H,5,8,13H2,1-2H3,(H,35,36)(H,31,33,34)/t17-,25-/m1/s1. The highest BCUT2D eigenvalue weighted by Gasteiger charge is 2.49. The number of hydrogen-bond donors (Lipinski definition) is 3. The molecule has 0 amide bonds. The van der Waals surface area contributed by atoms with Crippen molar-refractivity contribution < 1.29 is 28.2 Å². The first-order valence-corrected chi connectivity index (χ1v) is 12.7. The Morgan fingerprint density at radius 3 is 2.61 bits per heavy atom. The molecule has 3 heterocycles. The summed E-state index contributed by atoms with van der Waals surface area (Å²) in [6.07, 6.45) is 0.726. The number of benzene rings is 1. The number of nitrogens with zero attached hydrogens (tertiary/aromatic N) is 4. The van der Waals surface area contributed by atoms with Gasteiger partial charge in [-0.1, -0.05) is 19.9 Å². The van der Waals surface area contributed by atoms with Crippen molar-refractivity contribution in [3.8, 4) is 10.4 Å². The van der Waals surface area contributed by atoms with Gasteiger partial charge in [0, 0.05) is 35.2 Å². The van der Waals surface area contributed by atoms with Gasteiger partial charge in [-0.2, -0.15) is 13.2 Å². The highest BCUT2D eigenvalue weighted by atomic mass is 32.1. The molecule has 8 nitrogen and oxygen atoms in total. The van der Waals surface area contributed by atoms with Gasteiger partial charge in [-0.25, -0.2) is 15.0 Å². The largest absolute Gasteiger partial charge is 0.481 e. The third-order valence-electron chi connectivity index (χ3n) is 6.95. The predicted molar refractivity (Wildman–Crippen MR) is 136 cm³/mol. The lowest BCUT2D eigenvalue weighted by Crippen LogP contribution is -2.44. The van der Waals surface area contributed by atoms with Crippen LogP contribution in [0.5, 0.6) is 0 Å². The van der Waals surface area contributed by atoms with Crippen LogP contribution in [0.15, 0.2) is 48.9 Å². The van der Waals surface area contributed by atoms with Crippen LogP contribution in [0.2, 0.25) is 0 Å². The zero-order valence-corrected chi connectivity index (χ0v) is 21.3. The minimum Gasteiger partial charge on any atom is -0.481 e. The predicted octanol–water partition coefficient (Wildman–Crippen LogP) is 6.01. The molecule has 1 fully saturated rings. The van der Waals surface area contributed by atoms with Gasteiger partial charge >= 0.3 is 12.1 Å². The number of carboxylic acids is 1. The van der Waals surface area contributed by atoms with E-state index in [2.05, 4.69) is 25.3 Å². The molecule has 5 rings (SSSR count). The highest BCUT2D eigenvalue weighted by Crippen LogP contribution is 2.51. The Balaban J connectivity index is 1.42. The van der Waals surface area contributed by atoms with Gasteiger partial charge < -0.3 is 15.5 Å². The lowest BCUT2D eigenvalue weighted by atomic mass is 9.63. The van der Waals surface area contributed by atoms with E-state index in [1.54, 1.807) is 30.6 Å². The van der Waals surface area contributed by atoms with Crippen molar-refractivity contribution >= 4 is 39.8 Å². The number of aliphatic carboxylic acids is 1. The second-order valence-electron chi connectivity index (χ2n) is 10.1. The third-order valence-corrected chi connectivity index (χ3v) is 8.17. The molecule has 4 aromatic rings. The summed E-state index contributed by atoms with van der Waals surface area (Å²) in [6.45, 7) is 3.72. The van der Waals surface area contributed by atoms with E-state index in [-0.39, 0.29) is 12.4 Å². The van der Waals surface area contributed by atoms with Gasteiger partial charge in [0.1, 0.15) is 16.3 Å². The molecule has 0 bridgehead atoms. The summed E-state index contributed by atoms with van der Waals surface area (Å²) in [5.74, 6) is -1.57. The smallest absolute Gasteiger partial charge is 0.433 e. The number of pyridine rings is 1. The van der Waals surface area contributed by atoms with Crippen LogP contribution in [-0.4, -0.2) is 36.1 Å². The molecule has 0 radical (unpaired) electrons.